The number of carboxylic acids is 1. The maximum atomic E-state index is 12.6. The van der Waals surface area contributed by atoms with E-state index in [0.29, 0.717) is 27.6 Å². The zero-order valence-electron chi connectivity index (χ0n) is 16.5. The fourth-order valence-corrected chi connectivity index (χ4v) is 3.72. The van der Waals surface area contributed by atoms with Gasteiger partial charge in [0, 0.05) is 15.5 Å². The smallest absolute Gasteiger partial charge is 0.305 e. The molecule has 1 aromatic heterocycles. The van der Waals surface area contributed by atoms with Crippen molar-refractivity contribution in [2.24, 2.45) is 0 Å². The molecule has 6 nitrogen and oxygen atoms in total. The second kappa shape index (κ2) is 9.49. The van der Waals surface area contributed by atoms with Gasteiger partial charge in [-0.05, 0) is 37.3 Å². The van der Waals surface area contributed by atoms with Crippen molar-refractivity contribution in [3.63, 3.8) is 0 Å². The first kappa shape index (κ1) is 22.3. The summed E-state index contributed by atoms with van der Waals surface area (Å²) in [5.74, 6) is 0.148. The van der Waals surface area contributed by atoms with Crippen LogP contribution in [0.25, 0.3) is 0 Å². The minimum absolute atomic E-state index is 0.139. The lowest BCUT2D eigenvalue weighted by molar-refractivity contribution is -0.871. The van der Waals surface area contributed by atoms with Crippen molar-refractivity contribution < 1.29 is 23.6 Å². The lowest BCUT2D eigenvalue weighted by Crippen LogP contribution is -2.49. The maximum absolute atomic E-state index is 12.6. The highest BCUT2D eigenvalue weighted by molar-refractivity contribution is 7.98. The number of thioether (sulfide) groups is 1. The number of hydrogen-bond acceptors (Lipinski definition) is 4. The van der Waals surface area contributed by atoms with Gasteiger partial charge in [0.25, 0.3) is 5.91 Å². The summed E-state index contributed by atoms with van der Waals surface area (Å²) in [6.45, 7) is 2.30. The first-order valence-electron chi connectivity index (χ1n) is 8.84. The van der Waals surface area contributed by atoms with Gasteiger partial charge in [0.15, 0.2) is 5.76 Å². The third-order valence-electron chi connectivity index (χ3n) is 3.89. The predicted octanol–water partition coefficient (Wildman–Crippen LogP) is 3.81. The SMILES string of the molecule is Cc1cc(CSc2ccc(Cl)cc2)oc1C(=O)N[C@H](CC(=O)O)C[N+](C)(C)C. The molecule has 8 heteroatoms. The largest absolute Gasteiger partial charge is 0.481 e. The van der Waals surface area contributed by atoms with Gasteiger partial charge in [-0.3, -0.25) is 9.59 Å². The number of amides is 1. The fourth-order valence-electron chi connectivity index (χ4n) is 2.81. The Kier molecular flexibility index (Phi) is 7.57. The topological polar surface area (TPSA) is 79.5 Å². The van der Waals surface area contributed by atoms with Gasteiger partial charge in [-0.1, -0.05) is 11.6 Å². The Morgan fingerprint density at radius 1 is 1.25 bits per heavy atom. The molecule has 152 valence electrons. The van der Waals surface area contributed by atoms with Crippen LogP contribution in [0.15, 0.2) is 39.6 Å². The Hall–Kier alpha value is -1.96. The molecule has 1 aromatic carbocycles. The number of carboxylic acid groups (broad SMARTS) is 1. The minimum Gasteiger partial charge on any atom is -0.481 e. The number of benzene rings is 1. The highest BCUT2D eigenvalue weighted by Gasteiger charge is 2.25. The number of furan rings is 1. The number of hydrogen-bond donors (Lipinski definition) is 2. The van der Waals surface area contributed by atoms with Crippen molar-refractivity contribution in [2.45, 2.75) is 30.0 Å². The summed E-state index contributed by atoms with van der Waals surface area (Å²) < 4.78 is 6.29. The van der Waals surface area contributed by atoms with Gasteiger partial charge in [-0.15, -0.1) is 11.8 Å². The lowest BCUT2D eigenvalue weighted by Gasteiger charge is -2.28. The van der Waals surface area contributed by atoms with E-state index in [0.717, 1.165) is 10.5 Å². The summed E-state index contributed by atoms with van der Waals surface area (Å²) in [7, 11) is 5.85. The van der Waals surface area contributed by atoms with Crippen LogP contribution in [0.2, 0.25) is 5.02 Å². The van der Waals surface area contributed by atoms with Gasteiger partial charge >= 0.3 is 5.97 Å². The van der Waals surface area contributed by atoms with Gasteiger partial charge in [-0.2, -0.15) is 0 Å². The quantitative estimate of drug-likeness (QED) is 0.471. The van der Waals surface area contributed by atoms with E-state index in [2.05, 4.69) is 5.32 Å². The van der Waals surface area contributed by atoms with Crippen LogP contribution in [-0.2, 0) is 10.5 Å². The van der Waals surface area contributed by atoms with Crippen molar-refractivity contribution in [3.8, 4) is 0 Å². The van der Waals surface area contributed by atoms with E-state index in [1.54, 1.807) is 18.7 Å². The number of aliphatic carboxylic acids is 1. The summed E-state index contributed by atoms with van der Waals surface area (Å²) in [6, 6.07) is 8.86. The number of carbonyl (C=O) groups excluding carboxylic acids is 1. The van der Waals surface area contributed by atoms with Crippen molar-refractivity contribution in [2.75, 3.05) is 27.7 Å². The average Bonchev–Trinajstić information content (AvgIpc) is 2.93. The van der Waals surface area contributed by atoms with Crippen LogP contribution in [0.5, 0.6) is 0 Å². The average molecular weight is 426 g/mol. The first-order valence-corrected chi connectivity index (χ1v) is 10.2. The second-order valence-electron chi connectivity index (χ2n) is 7.71. The highest BCUT2D eigenvalue weighted by Crippen LogP contribution is 2.26. The Bertz CT molecular complexity index is 828. The van der Waals surface area contributed by atoms with Crippen LogP contribution >= 0.6 is 23.4 Å². The van der Waals surface area contributed by atoms with Crippen LogP contribution in [0, 0.1) is 6.92 Å². The van der Waals surface area contributed by atoms with Crippen molar-refractivity contribution in [1.29, 1.82) is 0 Å². The molecule has 0 bridgehead atoms. The molecule has 0 saturated heterocycles. The molecular formula is C20H26ClN2O4S+. The molecule has 0 spiro atoms. The van der Waals surface area contributed by atoms with Crippen molar-refractivity contribution >= 4 is 35.2 Å². The number of quaternary nitrogens is 1. The zero-order valence-corrected chi connectivity index (χ0v) is 18.1. The van der Waals surface area contributed by atoms with E-state index in [-0.39, 0.29) is 18.1 Å². The Balaban J connectivity index is 2.04. The molecule has 0 aliphatic rings. The zero-order chi connectivity index (χ0) is 20.9. The first-order chi connectivity index (χ1) is 13.0. The second-order valence-corrected chi connectivity index (χ2v) is 9.19. The third kappa shape index (κ3) is 7.22. The normalized spacial score (nSPS) is 12.6. The summed E-state index contributed by atoms with van der Waals surface area (Å²) >= 11 is 7.47. The molecule has 0 aliphatic carbocycles. The molecule has 1 heterocycles. The molecule has 2 aromatic rings. The number of nitrogens with zero attached hydrogens (tertiary/aromatic N) is 1. The van der Waals surface area contributed by atoms with Crippen LogP contribution in [0.4, 0.5) is 0 Å². The number of aryl methyl sites for hydroxylation is 1. The molecule has 1 atom stereocenters. The van der Waals surface area contributed by atoms with Crippen LogP contribution < -0.4 is 5.32 Å². The minimum atomic E-state index is -0.949. The molecule has 0 saturated carbocycles. The molecule has 0 fully saturated rings. The Morgan fingerprint density at radius 2 is 1.89 bits per heavy atom. The molecule has 2 N–H and O–H groups in total. The van der Waals surface area contributed by atoms with Gasteiger partial charge in [0.1, 0.15) is 5.76 Å². The van der Waals surface area contributed by atoms with E-state index in [1.807, 2.05) is 51.5 Å². The monoisotopic (exact) mass is 425 g/mol. The molecule has 0 radical (unpaired) electrons. The van der Waals surface area contributed by atoms with Crippen LogP contribution in [0.3, 0.4) is 0 Å². The van der Waals surface area contributed by atoms with Gasteiger partial charge in [0.05, 0.1) is 45.9 Å². The van der Waals surface area contributed by atoms with E-state index < -0.39 is 12.0 Å². The van der Waals surface area contributed by atoms with E-state index >= 15 is 0 Å². The van der Waals surface area contributed by atoms with Gasteiger partial charge in [0.2, 0.25) is 0 Å². The number of nitrogens with one attached hydrogen (secondary N) is 1. The summed E-state index contributed by atoms with van der Waals surface area (Å²) in [5.41, 5.74) is 0.725. The maximum Gasteiger partial charge on any atom is 0.305 e. The van der Waals surface area contributed by atoms with Gasteiger partial charge in [-0.25, -0.2) is 0 Å². The van der Waals surface area contributed by atoms with E-state index in [1.165, 1.54) is 0 Å². The Morgan fingerprint density at radius 3 is 2.46 bits per heavy atom. The predicted molar refractivity (Wildman–Crippen MR) is 111 cm³/mol. The van der Waals surface area contributed by atoms with E-state index in [9.17, 15) is 9.59 Å². The van der Waals surface area contributed by atoms with Gasteiger partial charge < -0.3 is 19.3 Å². The van der Waals surface area contributed by atoms with Crippen LogP contribution in [-0.4, -0.2) is 55.2 Å². The standard InChI is InChI=1S/C20H25ClN2O4S/c1-13-9-16(12-28-17-7-5-14(21)6-8-17)27-19(13)20(26)22-15(10-18(24)25)11-23(2,3)4/h5-9,15H,10-12H2,1-4H3,(H-,22,24,25,26)/p+1/t15-/m1/s1. The van der Waals surface area contributed by atoms with Crippen molar-refractivity contribution in [1.82, 2.24) is 5.32 Å². The molecule has 0 unspecified atom stereocenters. The fraction of sp³-hybridized carbons (Fsp3) is 0.400. The number of halogens is 1. The molecule has 28 heavy (non-hydrogen) atoms. The van der Waals surface area contributed by atoms with Crippen LogP contribution in [0.1, 0.15) is 28.3 Å². The molecule has 0 aliphatic heterocycles. The summed E-state index contributed by atoms with van der Waals surface area (Å²) in [6.07, 6.45) is -0.139. The summed E-state index contributed by atoms with van der Waals surface area (Å²) in [5, 5.41) is 12.6. The molecule has 1 amide bonds. The highest BCUT2D eigenvalue weighted by atomic mass is 35.5. The third-order valence-corrected chi connectivity index (χ3v) is 5.18. The van der Waals surface area contributed by atoms with E-state index in [4.69, 9.17) is 21.1 Å². The number of carbonyl (C=O) groups is 2. The Labute approximate surface area is 174 Å². The molecular weight excluding hydrogens is 400 g/mol. The summed E-state index contributed by atoms with van der Waals surface area (Å²) in [4.78, 5) is 24.8. The van der Waals surface area contributed by atoms with Crippen molar-refractivity contribution in [3.05, 3.63) is 52.4 Å². The lowest BCUT2D eigenvalue weighted by atomic mass is 10.1. The number of likely N-dealkylation sites (N-methyl/N-ethyl adjacent to an activating group) is 1. The molecule has 2 rings (SSSR count). The number of rotatable bonds is 9.